The molecule has 1 fully saturated rings. The molecule has 4 rings (SSSR count). The summed E-state index contributed by atoms with van der Waals surface area (Å²) in [4.78, 5) is 27.3. The molecular weight excluding hydrogens is 347 g/mol. The Balaban J connectivity index is 1.61. The maximum absolute atomic E-state index is 13.9. The summed E-state index contributed by atoms with van der Waals surface area (Å²) < 4.78 is 19.1. The van der Waals surface area contributed by atoms with Crippen LogP contribution in [-0.4, -0.2) is 46.0 Å². The van der Waals surface area contributed by atoms with E-state index in [0.717, 1.165) is 18.4 Å². The van der Waals surface area contributed by atoms with Crippen LogP contribution in [0.5, 0.6) is 5.75 Å². The highest BCUT2D eigenvalue weighted by Gasteiger charge is 2.27. The smallest absolute Gasteiger partial charge is 0.273 e. The molecule has 1 amide bonds. The molecule has 1 atom stereocenters. The number of piperidine rings is 1. The van der Waals surface area contributed by atoms with E-state index in [9.17, 15) is 9.18 Å². The number of hydrogen-bond acceptors (Lipinski definition) is 5. The van der Waals surface area contributed by atoms with Crippen LogP contribution in [0.15, 0.2) is 43.0 Å². The number of pyridine rings is 1. The van der Waals surface area contributed by atoms with Crippen molar-refractivity contribution in [3.63, 3.8) is 0 Å². The first kappa shape index (κ1) is 17.3. The standard InChI is InChI=1S/C20H19FN4O2/c1-27-16-8-14(7-15(21)9-16)13-3-2-6-25(11-13)20(26)19-17-10-22-12-24-18(17)4-5-23-19/h4-5,7-10,12-13H,2-3,6,11H2,1H3. The number of likely N-dealkylation sites (tertiary alicyclic amines) is 1. The molecule has 3 heterocycles. The van der Waals surface area contributed by atoms with Gasteiger partial charge >= 0.3 is 0 Å². The van der Waals surface area contributed by atoms with E-state index in [-0.39, 0.29) is 17.6 Å². The number of halogens is 1. The molecule has 1 aliphatic rings. The minimum absolute atomic E-state index is 0.0542. The molecule has 0 saturated carbocycles. The molecule has 27 heavy (non-hydrogen) atoms. The average molecular weight is 366 g/mol. The maximum Gasteiger partial charge on any atom is 0.273 e. The number of amides is 1. The highest BCUT2D eigenvalue weighted by molar-refractivity contribution is 6.03. The molecular formula is C20H19FN4O2. The average Bonchev–Trinajstić information content (AvgIpc) is 2.72. The van der Waals surface area contributed by atoms with E-state index >= 15 is 0 Å². The van der Waals surface area contributed by atoms with Gasteiger partial charge in [-0.1, -0.05) is 0 Å². The largest absolute Gasteiger partial charge is 0.497 e. The summed E-state index contributed by atoms with van der Waals surface area (Å²) in [5.41, 5.74) is 1.89. The van der Waals surface area contributed by atoms with Gasteiger partial charge in [0.15, 0.2) is 0 Å². The van der Waals surface area contributed by atoms with Crippen molar-refractivity contribution in [3.05, 3.63) is 60.1 Å². The highest BCUT2D eigenvalue weighted by atomic mass is 19.1. The van der Waals surface area contributed by atoms with Crippen LogP contribution in [0.3, 0.4) is 0 Å². The molecule has 7 heteroatoms. The molecule has 3 aromatic rings. The van der Waals surface area contributed by atoms with Gasteiger partial charge < -0.3 is 9.64 Å². The summed E-state index contributed by atoms with van der Waals surface area (Å²) in [6.45, 7) is 1.16. The second-order valence-electron chi connectivity index (χ2n) is 6.63. The Bertz CT molecular complexity index is 989. The van der Waals surface area contributed by atoms with Gasteiger partial charge in [0.1, 0.15) is 23.6 Å². The van der Waals surface area contributed by atoms with Crippen molar-refractivity contribution in [1.29, 1.82) is 0 Å². The number of nitrogens with zero attached hydrogens (tertiary/aromatic N) is 4. The van der Waals surface area contributed by atoms with Crippen molar-refractivity contribution in [1.82, 2.24) is 19.9 Å². The quantitative estimate of drug-likeness (QED) is 0.712. The van der Waals surface area contributed by atoms with E-state index < -0.39 is 0 Å². The first-order valence-electron chi connectivity index (χ1n) is 8.84. The van der Waals surface area contributed by atoms with Gasteiger partial charge in [-0.25, -0.2) is 14.4 Å². The molecule has 1 aromatic carbocycles. The molecule has 1 saturated heterocycles. The zero-order valence-corrected chi connectivity index (χ0v) is 14.9. The van der Waals surface area contributed by atoms with Crippen LogP contribution in [0.4, 0.5) is 4.39 Å². The van der Waals surface area contributed by atoms with E-state index in [4.69, 9.17) is 4.74 Å². The Morgan fingerprint density at radius 1 is 1.30 bits per heavy atom. The van der Waals surface area contributed by atoms with Crippen molar-refractivity contribution >= 4 is 16.8 Å². The van der Waals surface area contributed by atoms with Gasteiger partial charge in [0.2, 0.25) is 0 Å². The maximum atomic E-state index is 13.9. The second kappa shape index (κ2) is 7.26. The van der Waals surface area contributed by atoms with Crippen LogP contribution in [-0.2, 0) is 0 Å². The van der Waals surface area contributed by atoms with Crippen LogP contribution in [0, 0.1) is 5.82 Å². The van der Waals surface area contributed by atoms with Crippen molar-refractivity contribution in [2.75, 3.05) is 20.2 Å². The van der Waals surface area contributed by atoms with E-state index in [2.05, 4.69) is 15.0 Å². The minimum atomic E-state index is -0.333. The lowest BCUT2D eigenvalue weighted by Gasteiger charge is -2.33. The number of methoxy groups -OCH3 is 1. The van der Waals surface area contributed by atoms with Gasteiger partial charge in [-0.15, -0.1) is 0 Å². The van der Waals surface area contributed by atoms with Gasteiger partial charge in [-0.2, -0.15) is 0 Å². The van der Waals surface area contributed by atoms with Crippen LogP contribution >= 0.6 is 0 Å². The Kier molecular flexibility index (Phi) is 4.66. The predicted octanol–water partition coefficient (Wildman–Crippen LogP) is 3.19. The molecule has 2 aromatic heterocycles. The van der Waals surface area contributed by atoms with E-state index in [1.807, 2.05) is 6.07 Å². The predicted molar refractivity (Wildman–Crippen MR) is 98.2 cm³/mol. The van der Waals surface area contributed by atoms with E-state index in [1.165, 1.54) is 25.6 Å². The molecule has 1 aliphatic heterocycles. The Labute approximate surface area is 156 Å². The number of hydrogen-bond donors (Lipinski definition) is 0. The fourth-order valence-electron chi connectivity index (χ4n) is 3.60. The molecule has 0 N–H and O–H groups in total. The summed E-state index contributed by atoms with van der Waals surface area (Å²) >= 11 is 0. The molecule has 0 bridgehead atoms. The van der Waals surface area contributed by atoms with Gasteiger partial charge in [0.05, 0.1) is 12.6 Å². The van der Waals surface area contributed by atoms with Crippen molar-refractivity contribution in [2.24, 2.45) is 0 Å². The summed E-state index contributed by atoms with van der Waals surface area (Å²) in [6, 6.07) is 6.47. The molecule has 1 unspecified atom stereocenters. The fraction of sp³-hybridized carbons (Fsp3) is 0.300. The molecule has 0 spiro atoms. The third-order valence-corrected chi connectivity index (χ3v) is 4.95. The van der Waals surface area contributed by atoms with E-state index in [0.29, 0.717) is 35.4 Å². The summed E-state index contributed by atoms with van der Waals surface area (Å²) in [5, 5.41) is 0.638. The second-order valence-corrected chi connectivity index (χ2v) is 6.63. The van der Waals surface area contributed by atoms with Crippen LogP contribution < -0.4 is 4.74 Å². The van der Waals surface area contributed by atoms with Crippen molar-refractivity contribution < 1.29 is 13.9 Å². The Morgan fingerprint density at radius 2 is 2.19 bits per heavy atom. The third kappa shape index (κ3) is 3.45. The SMILES string of the molecule is COc1cc(F)cc(C2CCCN(C(=O)c3nccc4ncncc34)C2)c1. The lowest BCUT2D eigenvalue weighted by atomic mass is 9.90. The summed E-state index contributed by atoms with van der Waals surface area (Å²) in [6.07, 6.45) is 6.38. The number of fused-ring (bicyclic) bond motifs is 1. The Morgan fingerprint density at radius 3 is 3.04 bits per heavy atom. The Hall–Kier alpha value is -3.09. The van der Waals surface area contributed by atoms with Crippen LogP contribution in [0.25, 0.3) is 10.9 Å². The van der Waals surface area contributed by atoms with Crippen molar-refractivity contribution in [3.8, 4) is 5.75 Å². The van der Waals surface area contributed by atoms with Crippen molar-refractivity contribution in [2.45, 2.75) is 18.8 Å². The van der Waals surface area contributed by atoms with Crippen LogP contribution in [0.2, 0.25) is 0 Å². The first-order chi connectivity index (χ1) is 13.2. The molecule has 0 aliphatic carbocycles. The zero-order chi connectivity index (χ0) is 18.8. The minimum Gasteiger partial charge on any atom is -0.497 e. The topological polar surface area (TPSA) is 68.2 Å². The van der Waals surface area contributed by atoms with Gasteiger partial charge in [0, 0.05) is 42.9 Å². The van der Waals surface area contributed by atoms with E-state index in [1.54, 1.807) is 23.4 Å². The van der Waals surface area contributed by atoms with Gasteiger partial charge in [-0.3, -0.25) is 9.78 Å². The number of carbonyl (C=O) groups is 1. The normalized spacial score (nSPS) is 17.1. The molecule has 6 nitrogen and oxygen atoms in total. The molecule has 138 valence electrons. The summed E-state index contributed by atoms with van der Waals surface area (Å²) in [7, 11) is 1.52. The molecule has 0 radical (unpaired) electrons. The highest BCUT2D eigenvalue weighted by Crippen LogP contribution is 2.31. The number of carbonyl (C=O) groups excluding carboxylic acids is 1. The van der Waals surface area contributed by atoms with Crippen LogP contribution in [0.1, 0.15) is 34.8 Å². The van der Waals surface area contributed by atoms with Gasteiger partial charge in [-0.05, 0) is 36.6 Å². The lowest BCUT2D eigenvalue weighted by molar-refractivity contribution is 0.0703. The van der Waals surface area contributed by atoms with Gasteiger partial charge in [0.25, 0.3) is 5.91 Å². The number of aromatic nitrogens is 3. The number of ether oxygens (including phenoxy) is 1. The zero-order valence-electron chi connectivity index (χ0n) is 14.9. The monoisotopic (exact) mass is 366 g/mol. The summed E-state index contributed by atoms with van der Waals surface area (Å²) in [5.74, 6) is 0.0592. The number of benzene rings is 1. The lowest BCUT2D eigenvalue weighted by Crippen LogP contribution is -2.39. The fourth-order valence-corrected chi connectivity index (χ4v) is 3.60. The third-order valence-electron chi connectivity index (χ3n) is 4.95. The number of rotatable bonds is 3. The first-order valence-corrected chi connectivity index (χ1v) is 8.84.